The lowest BCUT2D eigenvalue weighted by Gasteiger charge is -2.34. The highest BCUT2D eigenvalue weighted by atomic mass is 15.3. The van der Waals surface area contributed by atoms with E-state index in [1.807, 2.05) is 0 Å². The number of rotatable bonds is 7. The fourth-order valence-corrected chi connectivity index (χ4v) is 2.45. The topological polar surface area (TPSA) is 42.3 Å². The van der Waals surface area contributed by atoms with Crippen molar-refractivity contribution >= 4 is 0 Å². The lowest BCUT2D eigenvalue weighted by atomic mass is 10.2. The molecule has 1 saturated heterocycles. The van der Waals surface area contributed by atoms with E-state index in [1.54, 1.807) is 0 Å². The molecule has 0 aromatic rings. The van der Waals surface area contributed by atoms with Crippen molar-refractivity contribution in [3.63, 3.8) is 0 Å². The first-order chi connectivity index (χ1) is 8.65. The summed E-state index contributed by atoms with van der Waals surface area (Å²) in [6.07, 6.45) is 2.18. The first kappa shape index (κ1) is 15.4. The van der Waals surface area contributed by atoms with E-state index in [0.29, 0.717) is 6.04 Å². The fraction of sp³-hybridized carbons (Fsp3) is 0.929. The molecule has 4 nitrogen and oxygen atoms in total. The van der Waals surface area contributed by atoms with Gasteiger partial charge in [-0.15, -0.1) is 0 Å². The van der Waals surface area contributed by atoms with Crippen molar-refractivity contribution in [3.05, 3.63) is 0 Å². The van der Waals surface area contributed by atoms with Crippen molar-refractivity contribution in [3.8, 4) is 6.07 Å². The molecule has 1 heterocycles. The second kappa shape index (κ2) is 8.47. The lowest BCUT2D eigenvalue weighted by Crippen LogP contribution is -2.47. The summed E-state index contributed by atoms with van der Waals surface area (Å²) in [4.78, 5) is 5.02. The highest BCUT2D eigenvalue weighted by Gasteiger charge is 2.17. The Labute approximate surface area is 112 Å². The molecule has 0 amide bonds. The SMILES string of the molecule is CCCN1CCN(CCC(C#N)NC(C)C)CC1. The third-order valence-electron chi connectivity index (χ3n) is 3.43. The third kappa shape index (κ3) is 5.81. The van der Waals surface area contributed by atoms with Gasteiger partial charge in [-0.3, -0.25) is 5.32 Å². The molecule has 1 rings (SSSR count). The Bertz CT molecular complexity index is 251. The molecule has 0 aromatic carbocycles. The van der Waals surface area contributed by atoms with Crippen LogP contribution in [0, 0.1) is 11.3 Å². The summed E-state index contributed by atoms with van der Waals surface area (Å²) in [5.41, 5.74) is 0. The van der Waals surface area contributed by atoms with Crippen LogP contribution in [-0.4, -0.2) is 61.2 Å². The Morgan fingerprint density at radius 2 is 1.67 bits per heavy atom. The maximum absolute atomic E-state index is 9.08. The van der Waals surface area contributed by atoms with Gasteiger partial charge in [0.15, 0.2) is 0 Å². The van der Waals surface area contributed by atoms with Gasteiger partial charge in [-0.1, -0.05) is 6.92 Å². The number of hydrogen-bond acceptors (Lipinski definition) is 4. The van der Waals surface area contributed by atoms with Crippen LogP contribution in [0.25, 0.3) is 0 Å². The number of hydrogen-bond donors (Lipinski definition) is 1. The average Bonchev–Trinajstić information content (AvgIpc) is 2.36. The van der Waals surface area contributed by atoms with Crippen LogP contribution >= 0.6 is 0 Å². The van der Waals surface area contributed by atoms with Crippen LogP contribution in [0.5, 0.6) is 0 Å². The van der Waals surface area contributed by atoms with Gasteiger partial charge in [-0.2, -0.15) is 5.26 Å². The van der Waals surface area contributed by atoms with E-state index in [0.717, 1.165) is 26.1 Å². The van der Waals surface area contributed by atoms with Gasteiger partial charge >= 0.3 is 0 Å². The predicted molar refractivity (Wildman–Crippen MR) is 75.5 cm³/mol. The summed E-state index contributed by atoms with van der Waals surface area (Å²) in [5, 5.41) is 12.4. The maximum Gasteiger partial charge on any atom is 0.0967 e. The zero-order valence-electron chi connectivity index (χ0n) is 12.2. The Balaban J connectivity index is 2.18. The molecule has 0 bridgehead atoms. The Morgan fingerprint density at radius 3 is 2.11 bits per heavy atom. The number of nitrogens with zero attached hydrogens (tertiary/aromatic N) is 3. The molecule has 4 heteroatoms. The molecule has 0 saturated carbocycles. The van der Waals surface area contributed by atoms with E-state index in [9.17, 15) is 0 Å². The van der Waals surface area contributed by atoms with Gasteiger partial charge in [0.25, 0.3) is 0 Å². The lowest BCUT2D eigenvalue weighted by molar-refractivity contribution is 0.130. The number of nitriles is 1. The molecule has 0 radical (unpaired) electrons. The molecular weight excluding hydrogens is 224 g/mol. The van der Waals surface area contributed by atoms with Crippen LogP contribution in [0.15, 0.2) is 0 Å². The summed E-state index contributed by atoms with van der Waals surface area (Å²) < 4.78 is 0. The first-order valence-electron chi connectivity index (χ1n) is 7.26. The molecule has 1 aliphatic heterocycles. The van der Waals surface area contributed by atoms with E-state index >= 15 is 0 Å². The van der Waals surface area contributed by atoms with Gasteiger partial charge in [0.1, 0.15) is 0 Å². The van der Waals surface area contributed by atoms with Gasteiger partial charge in [0.2, 0.25) is 0 Å². The second-order valence-corrected chi connectivity index (χ2v) is 5.48. The summed E-state index contributed by atoms with van der Waals surface area (Å²) >= 11 is 0. The second-order valence-electron chi connectivity index (χ2n) is 5.48. The zero-order chi connectivity index (χ0) is 13.4. The van der Waals surface area contributed by atoms with Gasteiger partial charge in [0.05, 0.1) is 12.1 Å². The van der Waals surface area contributed by atoms with E-state index in [2.05, 4.69) is 42.0 Å². The maximum atomic E-state index is 9.08. The molecule has 1 N–H and O–H groups in total. The predicted octanol–water partition coefficient (Wildman–Crippen LogP) is 1.29. The van der Waals surface area contributed by atoms with E-state index in [-0.39, 0.29) is 6.04 Å². The van der Waals surface area contributed by atoms with Crippen molar-refractivity contribution in [1.29, 1.82) is 5.26 Å². The van der Waals surface area contributed by atoms with Gasteiger partial charge in [-0.25, -0.2) is 0 Å². The highest BCUT2D eigenvalue weighted by Crippen LogP contribution is 2.04. The molecular formula is C14H28N4. The third-order valence-corrected chi connectivity index (χ3v) is 3.43. The molecule has 1 fully saturated rings. The van der Waals surface area contributed by atoms with Crippen LogP contribution in [-0.2, 0) is 0 Å². The van der Waals surface area contributed by atoms with Crippen LogP contribution in [0.1, 0.15) is 33.6 Å². The van der Waals surface area contributed by atoms with Crippen LogP contribution in [0.3, 0.4) is 0 Å². The Hall–Kier alpha value is -0.630. The molecule has 18 heavy (non-hydrogen) atoms. The average molecular weight is 252 g/mol. The van der Waals surface area contributed by atoms with Crippen LogP contribution in [0.2, 0.25) is 0 Å². The quantitative estimate of drug-likeness (QED) is 0.741. The number of piperazine rings is 1. The minimum absolute atomic E-state index is 0.00123. The number of nitrogens with one attached hydrogen (secondary N) is 1. The largest absolute Gasteiger partial charge is 0.301 e. The first-order valence-corrected chi connectivity index (χ1v) is 7.26. The van der Waals surface area contributed by atoms with E-state index < -0.39 is 0 Å². The van der Waals surface area contributed by atoms with Crippen molar-refractivity contribution in [2.24, 2.45) is 0 Å². The molecule has 1 unspecified atom stereocenters. The van der Waals surface area contributed by atoms with Crippen molar-refractivity contribution in [2.75, 3.05) is 39.3 Å². The minimum Gasteiger partial charge on any atom is -0.301 e. The zero-order valence-corrected chi connectivity index (χ0v) is 12.2. The van der Waals surface area contributed by atoms with E-state index in [1.165, 1.54) is 26.1 Å². The molecule has 0 aliphatic carbocycles. The van der Waals surface area contributed by atoms with Crippen LogP contribution < -0.4 is 5.32 Å². The summed E-state index contributed by atoms with van der Waals surface area (Å²) in [7, 11) is 0. The Kier molecular flexibility index (Phi) is 7.26. The van der Waals surface area contributed by atoms with E-state index in [4.69, 9.17) is 5.26 Å². The minimum atomic E-state index is -0.00123. The summed E-state index contributed by atoms with van der Waals surface area (Å²) in [6, 6.07) is 2.74. The van der Waals surface area contributed by atoms with Crippen molar-refractivity contribution in [1.82, 2.24) is 15.1 Å². The summed E-state index contributed by atoms with van der Waals surface area (Å²) in [6.45, 7) is 13.4. The molecule has 1 aliphatic rings. The molecule has 0 spiro atoms. The van der Waals surface area contributed by atoms with Crippen molar-refractivity contribution < 1.29 is 0 Å². The summed E-state index contributed by atoms with van der Waals surface area (Å²) in [5.74, 6) is 0. The standard InChI is InChI=1S/C14H28N4/c1-4-6-17-8-10-18(11-9-17)7-5-14(12-15)16-13(2)3/h13-14,16H,4-11H2,1-3H3. The van der Waals surface area contributed by atoms with Gasteiger partial charge < -0.3 is 9.80 Å². The van der Waals surface area contributed by atoms with Gasteiger partial charge in [-0.05, 0) is 33.2 Å². The highest BCUT2D eigenvalue weighted by molar-refractivity contribution is 4.91. The fourth-order valence-electron chi connectivity index (χ4n) is 2.45. The molecule has 1 atom stereocenters. The monoisotopic (exact) mass is 252 g/mol. The smallest absolute Gasteiger partial charge is 0.0967 e. The molecule has 104 valence electrons. The van der Waals surface area contributed by atoms with Crippen molar-refractivity contribution in [2.45, 2.75) is 45.7 Å². The molecule has 0 aromatic heterocycles. The Morgan fingerprint density at radius 1 is 1.11 bits per heavy atom. The normalized spacial score (nSPS) is 19.9. The van der Waals surface area contributed by atoms with Gasteiger partial charge in [0, 0.05) is 38.8 Å². The van der Waals surface area contributed by atoms with Crippen LogP contribution in [0.4, 0.5) is 0 Å².